The van der Waals surface area contributed by atoms with Crippen LogP contribution in [0.25, 0.3) is 11.1 Å². The van der Waals surface area contributed by atoms with Crippen molar-refractivity contribution in [2.75, 3.05) is 6.61 Å². The summed E-state index contributed by atoms with van der Waals surface area (Å²) in [5, 5.41) is 0. The van der Waals surface area contributed by atoms with Gasteiger partial charge in [0.05, 0.1) is 11.7 Å². The first-order valence-corrected chi connectivity index (χ1v) is 7.95. The molecule has 1 saturated heterocycles. The Balaban J connectivity index is 1.90. The zero-order chi connectivity index (χ0) is 17.3. The molecule has 2 aromatic carbocycles. The Labute approximate surface area is 138 Å². The quantitative estimate of drug-likeness (QED) is 0.650. The molecule has 1 aliphatic heterocycles. The molecule has 0 aliphatic carbocycles. The molecule has 0 radical (unpaired) electrons. The molecule has 1 nitrogen and oxygen atoms in total. The molecule has 0 bridgehead atoms. The third-order valence-corrected chi connectivity index (χ3v) is 4.45. The Morgan fingerprint density at radius 2 is 1.71 bits per heavy atom. The van der Waals surface area contributed by atoms with Crippen molar-refractivity contribution >= 4 is 0 Å². The van der Waals surface area contributed by atoms with E-state index in [1.807, 2.05) is 0 Å². The first-order valence-electron chi connectivity index (χ1n) is 7.95. The van der Waals surface area contributed by atoms with Crippen molar-refractivity contribution in [3.8, 4) is 11.1 Å². The summed E-state index contributed by atoms with van der Waals surface area (Å²) >= 11 is 0. The molecule has 24 heavy (non-hydrogen) atoms. The van der Waals surface area contributed by atoms with Crippen molar-refractivity contribution in [2.45, 2.75) is 32.5 Å². The highest BCUT2D eigenvalue weighted by Crippen LogP contribution is 2.33. The number of halogens is 4. The number of hydrogen-bond acceptors (Lipinski definition) is 1. The lowest BCUT2D eigenvalue weighted by atomic mass is 9.94. The van der Waals surface area contributed by atoms with Gasteiger partial charge in [0, 0.05) is 12.2 Å². The lowest BCUT2D eigenvalue weighted by molar-refractivity contribution is -0.0125. The van der Waals surface area contributed by atoms with Crippen LogP contribution in [0.2, 0.25) is 0 Å². The molecule has 2 atom stereocenters. The molecule has 0 saturated carbocycles. The van der Waals surface area contributed by atoms with E-state index in [9.17, 15) is 17.6 Å². The second-order valence-electron chi connectivity index (χ2n) is 6.30. The lowest BCUT2D eigenvalue weighted by Crippen LogP contribution is -2.18. The number of alkyl halides is 1. The molecule has 0 spiro atoms. The highest BCUT2D eigenvalue weighted by Gasteiger charge is 2.22. The summed E-state index contributed by atoms with van der Waals surface area (Å²) in [6, 6.07) is 6.44. The van der Waals surface area contributed by atoms with Gasteiger partial charge in [0.1, 0.15) is 24.1 Å². The molecule has 2 aromatic rings. The van der Waals surface area contributed by atoms with Crippen LogP contribution in [0.15, 0.2) is 30.3 Å². The molecule has 1 fully saturated rings. The fourth-order valence-electron chi connectivity index (χ4n) is 3.00. The molecule has 1 heterocycles. The number of ether oxygens (including phenoxy) is 1. The smallest absolute Gasteiger partial charge is 0.132 e. The zero-order valence-electron chi connectivity index (χ0n) is 13.3. The number of rotatable bonds is 3. The SMILES string of the molecule is CC1CCC(c2ccc(-c3cc(F)c(CF)c(F)c3)c(F)c2)OC1. The second-order valence-corrected chi connectivity index (χ2v) is 6.30. The third kappa shape index (κ3) is 3.31. The van der Waals surface area contributed by atoms with Crippen molar-refractivity contribution in [3.05, 3.63) is 58.9 Å². The van der Waals surface area contributed by atoms with E-state index in [1.54, 1.807) is 6.07 Å². The van der Waals surface area contributed by atoms with Crippen LogP contribution in [-0.2, 0) is 11.4 Å². The first-order chi connectivity index (χ1) is 11.5. The van der Waals surface area contributed by atoms with E-state index in [4.69, 9.17) is 4.74 Å². The Kier molecular flexibility index (Phi) is 4.90. The van der Waals surface area contributed by atoms with Crippen molar-refractivity contribution in [1.82, 2.24) is 0 Å². The number of hydrogen-bond donors (Lipinski definition) is 0. The molecule has 3 rings (SSSR count). The minimum Gasteiger partial charge on any atom is -0.373 e. The van der Waals surface area contributed by atoms with Gasteiger partial charge in [-0.2, -0.15) is 0 Å². The fourth-order valence-corrected chi connectivity index (χ4v) is 3.00. The van der Waals surface area contributed by atoms with Crippen LogP contribution in [0.1, 0.15) is 37.0 Å². The van der Waals surface area contributed by atoms with Crippen LogP contribution >= 0.6 is 0 Å². The number of benzene rings is 2. The van der Waals surface area contributed by atoms with Crippen LogP contribution in [0.3, 0.4) is 0 Å². The van der Waals surface area contributed by atoms with E-state index < -0.39 is 29.7 Å². The maximum Gasteiger partial charge on any atom is 0.132 e. The van der Waals surface area contributed by atoms with Crippen molar-refractivity contribution in [3.63, 3.8) is 0 Å². The predicted octanol–water partition coefficient (Wildman–Crippen LogP) is 5.73. The highest BCUT2D eigenvalue weighted by atomic mass is 19.1. The van der Waals surface area contributed by atoms with Gasteiger partial charge in [-0.05, 0) is 48.1 Å². The zero-order valence-corrected chi connectivity index (χ0v) is 13.3. The molecule has 0 amide bonds. The first kappa shape index (κ1) is 17.0. The average molecular weight is 338 g/mol. The van der Waals surface area contributed by atoms with Crippen LogP contribution in [0, 0.1) is 23.4 Å². The maximum atomic E-state index is 14.4. The largest absolute Gasteiger partial charge is 0.373 e. The fraction of sp³-hybridized carbons (Fsp3) is 0.368. The second kappa shape index (κ2) is 6.93. The van der Waals surface area contributed by atoms with Gasteiger partial charge in [0.15, 0.2) is 0 Å². The molecule has 0 aromatic heterocycles. The van der Waals surface area contributed by atoms with Gasteiger partial charge in [-0.1, -0.05) is 19.1 Å². The maximum absolute atomic E-state index is 14.4. The van der Waals surface area contributed by atoms with Crippen LogP contribution in [-0.4, -0.2) is 6.61 Å². The monoisotopic (exact) mass is 338 g/mol. The van der Waals surface area contributed by atoms with Gasteiger partial charge in [-0.25, -0.2) is 17.6 Å². The average Bonchev–Trinajstić information content (AvgIpc) is 2.55. The van der Waals surface area contributed by atoms with E-state index in [1.165, 1.54) is 12.1 Å². The Morgan fingerprint density at radius 1 is 1.00 bits per heavy atom. The van der Waals surface area contributed by atoms with E-state index in [-0.39, 0.29) is 17.2 Å². The molecule has 0 N–H and O–H groups in total. The summed E-state index contributed by atoms with van der Waals surface area (Å²) in [7, 11) is 0. The van der Waals surface area contributed by atoms with E-state index in [0.717, 1.165) is 25.0 Å². The Morgan fingerprint density at radius 3 is 2.25 bits per heavy atom. The lowest BCUT2D eigenvalue weighted by Gasteiger charge is -2.27. The molecular weight excluding hydrogens is 320 g/mol. The summed E-state index contributed by atoms with van der Waals surface area (Å²) in [5.41, 5.74) is 0.195. The molecular formula is C19H18F4O. The van der Waals surface area contributed by atoms with Gasteiger partial charge in [-0.15, -0.1) is 0 Å². The van der Waals surface area contributed by atoms with Gasteiger partial charge >= 0.3 is 0 Å². The summed E-state index contributed by atoms with van der Waals surface area (Å²) in [6.07, 6.45) is 1.66. The van der Waals surface area contributed by atoms with Gasteiger partial charge in [0.2, 0.25) is 0 Å². The molecule has 1 aliphatic rings. The van der Waals surface area contributed by atoms with Gasteiger partial charge < -0.3 is 4.74 Å². The Bertz CT molecular complexity index is 713. The summed E-state index contributed by atoms with van der Waals surface area (Å²) < 4.78 is 60.2. The molecule has 2 unspecified atom stereocenters. The third-order valence-electron chi connectivity index (χ3n) is 4.45. The minimum absolute atomic E-state index is 0.0458. The molecule has 5 heteroatoms. The van der Waals surface area contributed by atoms with Crippen molar-refractivity contribution < 1.29 is 22.3 Å². The molecule has 128 valence electrons. The summed E-state index contributed by atoms with van der Waals surface area (Å²) in [5.74, 6) is -2.12. The Hall–Kier alpha value is -1.88. The van der Waals surface area contributed by atoms with Gasteiger partial charge in [0.25, 0.3) is 0 Å². The normalized spacial score (nSPS) is 21.0. The summed E-state index contributed by atoms with van der Waals surface area (Å²) in [4.78, 5) is 0. The minimum atomic E-state index is -1.24. The standard InChI is InChI=1S/C19H18F4O/c1-11-2-5-19(24-10-11)12-3-4-14(16(21)6-12)13-7-17(22)15(9-20)18(23)8-13/h3-4,6-8,11,19H,2,5,9-10H2,1H3. The highest BCUT2D eigenvalue weighted by molar-refractivity contribution is 5.65. The van der Waals surface area contributed by atoms with E-state index in [0.29, 0.717) is 18.1 Å². The summed E-state index contributed by atoms with van der Waals surface area (Å²) in [6.45, 7) is 1.50. The van der Waals surface area contributed by atoms with E-state index in [2.05, 4.69) is 6.92 Å². The van der Waals surface area contributed by atoms with Crippen LogP contribution in [0.5, 0.6) is 0 Å². The van der Waals surface area contributed by atoms with Crippen molar-refractivity contribution in [1.29, 1.82) is 0 Å². The predicted molar refractivity (Wildman–Crippen MR) is 83.7 cm³/mol. The van der Waals surface area contributed by atoms with Gasteiger partial charge in [-0.3, -0.25) is 0 Å². The van der Waals surface area contributed by atoms with Crippen LogP contribution in [0.4, 0.5) is 17.6 Å². The topological polar surface area (TPSA) is 9.23 Å². The van der Waals surface area contributed by atoms with Crippen LogP contribution < -0.4 is 0 Å². The van der Waals surface area contributed by atoms with Crippen molar-refractivity contribution in [2.24, 2.45) is 5.92 Å². The van der Waals surface area contributed by atoms with E-state index >= 15 is 0 Å².